The predicted molar refractivity (Wildman–Crippen MR) is 137 cm³/mol. The molecule has 35 heavy (non-hydrogen) atoms. The number of rotatable bonds is 7. The molecule has 2 aliphatic heterocycles. The van der Waals surface area contributed by atoms with Gasteiger partial charge < -0.3 is 14.9 Å². The summed E-state index contributed by atoms with van der Waals surface area (Å²) in [6.07, 6.45) is 2.17. The largest absolute Gasteiger partial charge is 0.478 e. The maximum atomic E-state index is 9.55. The summed E-state index contributed by atoms with van der Waals surface area (Å²) in [6, 6.07) is 15.6. The van der Waals surface area contributed by atoms with Crippen LogP contribution in [0.1, 0.15) is 24.1 Å². The number of benzene rings is 2. The Balaban J connectivity index is 0.000000371. The molecule has 0 aromatic heterocycles. The lowest BCUT2D eigenvalue weighted by Gasteiger charge is -2.39. The molecular weight excluding hydrogens is 488 g/mol. The van der Waals surface area contributed by atoms with Crippen molar-refractivity contribution in [1.82, 2.24) is 9.80 Å². The number of hydrogen-bond donors (Lipinski definition) is 2. The molecule has 2 N–H and O–H groups in total. The van der Waals surface area contributed by atoms with Crippen LogP contribution in [-0.2, 0) is 20.7 Å². The van der Waals surface area contributed by atoms with Crippen LogP contribution >= 0.6 is 23.4 Å². The molecule has 1 saturated heterocycles. The topological polar surface area (TPSA) is 90.3 Å². The summed E-state index contributed by atoms with van der Waals surface area (Å²) >= 11 is 8.27. The number of carboxylic acid groups (broad SMARTS) is 2. The third-order valence-electron chi connectivity index (χ3n) is 5.91. The molecular formula is C26H31ClN2O5S. The summed E-state index contributed by atoms with van der Waals surface area (Å²) in [5, 5.41) is 16.5. The van der Waals surface area contributed by atoms with Crippen LogP contribution in [0.15, 0.2) is 64.4 Å². The maximum Gasteiger partial charge on any atom is 0.328 e. The summed E-state index contributed by atoms with van der Waals surface area (Å²) in [6.45, 7) is 9.13. The van der Waals surface area contributed by atoms with Gasteiger partial charge in [-0.2, -0.15) is 0 Å². The van der Waals surface area contributed by atoms with E-state index in [9.17, 15) is 9.59 Å². The van der Waals surface area contributed by atoms with Crippen molar-refractivity contribution in [2.75, 3.05) is 45.9 Å². The highest BCUT2D eigenvalue weighted by Gasteiger charge is 2.30. The Bertz CT molecular complexity index is 1020. The van der Waals surface area contributed by atoms with Gasteiger partial charge in [0.2, 0.25) is 0 Å². The van der Waals surface area contributed by atoms with Gasteiger partial charge in [0.25, 0.3) is 0 Å². The smallest absolute Gasteiger partial charge is 0.328 e. The van der Waals surface area contributed by atoms with Crippen molar-refractivity contribution in [2.45, 2.75) is 29.2 Å². The van der Waals surface area contributed by atoms with Crippen LogP contribution in [0, 0.1) is 0 Å². The molecule has 7 nitrogen and oxygen atoms in total. The van der Waals surface area contributed by atoms with Crippen LogP contribution in [-0.4, -0.2) is 77.9 Å². The number of aliphatic carboxylic acids is 2. The fourth-order valence-corrected chi connectivity index (χ4v) is 5.48. The maximum absolute atomic E-state index is 9.55. The first kappa shape index (κ1) is 27.2. The van der Waals surface area contributed by atoms with Crippen molar-refractivity contribution in [3.63, 3.8) is 0 Å². The Morgan fingerprint density at radius 3 is 2.40 bits per heavy atom. The van der Waals surface area contributed by atoms with Crippen LogP contribution in [0.4, 0.5) is 0 Å². The van der Waals surface area contributed by atoms with Gasteiger partial charge in [0, 0.05) is 72.3 Å². The second-order valence-corrected chi connectivity index (χ2v) is 9.72. The second-order valence-electron chi connectivity index (χ2n) is 8.20. The molecule has 0 spiro atoms. The minimum absolute atomic E-state index is 0.392. The molecule has 0 radical (unpaired) electrons. The molecule has 0 saturated carbocycles. The lowest BCUT2D eigenvalue weighted by atomic mass is 9.96. The second kappa shape index (κ2) is 13.7. The van der Waals surface area contributed by atoms with Crippen LogP contribution < -0.4 is 0 Å². The number of nitrogens with zero attached hydrogens (tertiary/aromatic N) is 2. The van der Waals surface area contributed by atoms with E-state index >= 15 is 0 Å². The number of ether oxygens (including phenoxy) is 1. The molecule has 0 bridgehead atoms. The van der Waals surface area contributed by atoms with E-state index < -0.39 is 11.9 Å². The standard InChI is InChI=1S/C22H27ClN2OS.C4H4O4/c1-2-26-14-13-24-9-11-25(12-10-24)20-15-17-5-3-4-6-21(17)27-22-8-7-18(23)16-19(20)22;5-3(6)1-2-4(7)8/h3-8,16,20H,2,9-15H2,1H3;1-2H,(H,5,6)(H,7,8)/b;2-1+. The number of carbonyl (C=O) groups is 2. The summed E-state index contributed by atoms with van der Waals surface area (Å²) in [4.78, 5) is 27.0. The van der Waals surface area contributed by atoms with Gasteiger partial charge in [-0.1, -0.05) is 41.6 Å². The Hall–Kier alpha value is -2.36. The Labute approximate surface area is 215 Å². The third-order valence-corrected chi connectivity index (χ3v) is 7.35. The van der Waals surface area contributed by atoms with E-state index in [1.165, 1.54) is 20.9 Å². The number of piperazine rings is 1. The van der Waals surface area contributed by atoms with Crippen LogP contribution in [0.2, 0.25) is 5.02 Å². The van der Waals surface area contributed by atoms with Gasteiger partial charge in [-0.05, 0) is 48.7 Å². The van der Waals surface area contributed by atoms with Gasteiger partial charge in [0.15, 0.2) is 0 Å². The van der Waals surface area contributed by atoms with E-state index in [0.717, 1.165) is 57.4 Å². The van der Waals surface area contributed by atoms with Crippen molar-refractivity contribution in [2.24, 2.45) is 0 Å². The van der Waals surface area contributed by atoms with E-state index in [1.807, 2.05) is 17.8 Å². The zero-order valence-corrected chi connectivity index (χ0v) is 21.3. The van der Waals surface area contributed by atoms with Crippen molar-refractivity contribution in [3.8, 4) is 0 Å². The molecule has 2 aromatic carbocycles. The molecule has 1 unspecified atom stereocenters. The predicted octanol–water partition coefficient (Wildman–Crippen LogP) is 4.45. The van der Waals surface area contributed by atoms with Crippen LogP contribution in [0.25, 0.3) is 0 Å². The van der Waals surface area contributed by atoms with Crippen molar-refractivity contribution < 1.29 is 24.5 Å². The summed E-state index contributed by atoms with van der Waals surface area (Å²) in [5.74, 6) is -2.51. The number of carboxylic acids is 2. The normalized spacial score (nSPS) is 18.2. The Morgan fingerprint density at radius 1 is 1.06 bits per heavy atom. The van der Waals surface area contributed by atoms with E-state index in [0.29, 0.717) is 18.2 Å². The minimum Gasteiger partial charge on any atom is -0.478 e. The van der Waals surface area contributed by atoms with Gasteiger partial charge in [-0.15, -0.1) is 0 Å². The first-order valence-electron chi connectivity index (χ1n) is 11.6. The monoisotopic (exact) mass is 518 g/mol. The molecule has 1 fully saturated rings. The van der Waals surface area contributed by atoms with Crippen LogP contribution in [0.5, 0.6) is 0 Å². The highest BCUT2D eigenvalue weighted by Crippen LogP contribution is 2.43. The van der Waals surface area contributed by atoms with Crippen molar-refractivity contribution in [1.29, 1.82) is 0 Å². The fraction of sp³-hybridized carbons (Fsp3) is 0.385. The lowest BCUT2D eigenvalue weighted by Crippen LogP contribution is -2.48. The lowest BCUT2D eigenvalue weighted by molar-refractivity contribution is -0.134. The molecule has 2 aromatic rings. The summed E-state index contributed by atoms with van der Waals surface area (Å²) in [5.41, 5.74) is 2.82. The molecule has 0 aliphatic carbocycles. The number of fused-ring (bicyclic) bond motifs is 2. The molecule has 9 heteroatoms. The Kier molecular flexibility index (Phi) is 10.6. The molecule has 2 heterocycles. The highest BCUT2D eigenvalue weighted by molar-refractivity contribution is 7.99. The van der Waals surface area contributed by atoms with Gasteiger partial charge in [-0.3, -0.25) is 9.80 Å². The van der Waals surface area contributed by atoms with Gasteiger partial charge in [0.05, 0.1) is 6.61 Å². The van der Waals surface area contributed by atoms with Gasteiger partial charge >= 0.3 is 11.9 Å². The molecule has 1 atom stereocenters. The molecule has 4 rings (SSSR count). The van der Waals surface area contributed by atoms with Crippen LogP contribution in [0.3, 0.4) is 0 Å². The fourth-order valence-electron chi connectivity index (χ4n) is 4.19. The molecule has 2 aliphatic rings. The zero-order valence-electron chi connectivity index (χ0n) is 19.7. The first-order chi connectivity index (χ1) is 16.9. The zero-order chi connectivity index (χ0) is 25.2. The van der Waals surface area contributed by atoms with Gasteiger partial charge in [0.1, 0.15) is 0 Å². The number of hydrogen-bond acceptors (Lipinski definition) is 6. The van der Waals surface area contributed by atoms with E-state index in [2.05, 4.69) is 53.1 Å². The first-order valence-corrected chi connectivity index (χ1v) is 12.8. The average molecular weight is 519 g/mol. The van der Waals surface area contributed by atoms with Crippen molar-refractivity contribution >= 4 is 35.3 Å². The molecule has 0 amide bonds. The Morgan fingerprint density at radius 2 is 1.74 bits per heavy atom. The van der Waals surface area contributed by atoms with E-state index in [1.54, 1.807) is 0 Å². The number of halogens is 1. The summed E-state index contributed by atoms with van der Waals surface area (Å²) < 4.78 is 5.52. The summed E-state index contributed by atoms with van der Waals surface area (Å²) in [7, 11) is 0. The van der Waals surface area contributed by atoms with Crippen molar-refractivity contribution in [3.05, 3.63) is 70.8 Å². The molecule has 188 valence electrons. The highest BCUT2D eigenvalue weighted by atomic mass is 35.5. The average Bonchev–Trinajstić information content (AvgIpc) is 3.00. The minimum atomic E-state index is -1.26. The van der Waals surface area contributed by atoms with Gasteiger partial charge in [-0.25, -0.2) is 9.59 Å². The van der Waals surface area contributed by atoms with E-state index in [4.69, 9.17) is 26.6 Å². The quantitative estimate of drug-likeness (QED) is 0.410. The van der Waals surface area contributed by atoms with E-state index in [-0.39, 0.29) is 0 Å². The SMILES string of the molecule is CCOCCN1CCN(C2Cc3ccccc3Sc3ccc(Cl)cc32)CC1.O=C(O)/C=C/C(=O)O. The third kappa shape index (κ3) is 8.37.